The van der Waals surface area contributed by atoms with E-state index >= 15 is 0 Å². The second-order valence-corrected chi connectivity index (χ2v) is 10.7. The van der Waals surface area contributed by atoms with Crippen molar-refractivity contribution < 1.29 is 8.42 Å². The summed E-state index contributed by atoms with van der Waals surface area (Å²) in [5, 5.41) is 7.95. The molecule has 0 aliphatic carbocycles. The SMILES string of the molecule is C.O=S1(=O)CCCN1c1cccc(N2CCN(c3ncnc4ccc(-c5cn[nH]c5)cc34)CC2)c1. The van der Waals surface area contributed by atoms with Gasteiger partial charge in [0.1, 0.15) is 12.1 Å². The second kappa shape index (κ2) is 9.18. The molecule has 2 fully saturated rings. The average Bonchev–Trinajstić information content (AvgIpc) is 3.53. The molecule has 2 saturated heterocycles. The van der Waals surface area contributed by atoms with Crippen LogP contribution < -0.4 is 14.1 Å². The monoisotopic (exact) mass is 491 g/mol. The number of nitrogens with zero attached hydrogens (tertiary/aromatic N) is 6. The lowest BCUT2D eigenvalue weighted by Gasteiger charge is -2.37. The van der Waals surface area contributed by atoms with Crippen molar-refractivity contribution in [3.05, 3.63) is 61.2 Å². The van der Waals surface area contributed by atoms with Crippen LogP contribution in [0.1, 0.15) is 13.8 Å². The van der Waals surface area contributed by atoms with E-state index in [1.54, 1.807) is 6.33 Å². The maximum atomic E-state index is 12.3. The molecule has 4 heterocycles. The van der Waals surface area contributed by atoms with Gasteiger partial charge in [0, 0.05) is 55.6 Å². The molecule has 2 aliphatic rings. The number of aromatic nitrogens is 4. The Balaban J connectivity index is 0.00000253. The van der Waals surface area contributed by atoms with Gasteiger partial charge in [-0.3, -0.25) is 9.40 Å². The molecule has 0 saturated carbocycles. The number of fused-ring (bicyclic) bond motifs is 1. The van der Waals surface area contributed by atoms with Crippen molar-refractivity contribution in [2.45, 2.75) is 13.8 Å². The van der Waals surface area contributed by atoms with Gasteiger partial charge in [-0.1, -0.05) is 19.6 Å². The maximum absolute atomic E-state index is 12.3. The number of sulfonamides is 1. The Morgan fingerprint density at radius 2 is 1.66 bits per heavy atom. The Morgan fingerprint density at radius 3 is 2.40 bits per heavy atom. The van der Waals surface area contributed by atoms with Crippen LogP contribution in [0.3, 0.4) is 0 Å². The van der Waals surface area contributed by atoms with Gasteiger partial charge in [-0.15, -0.1) is 0 Å². The Kier molecular flexibility index (Phi) is 6.06. The maximum Gasteiger partial charge on any atom is 0.235 e. The van der Waals surface area contributed by atoms with E-state index in [1.807, 2.05) is 36.7 Å². The van der Waals surface area contributed by atoms with Crippen LogP contribution in [0.25, 0.3) is 22.0 Å². The molecule has 2 aromatic carbocycles. The first-order valence-electron chi connectivity index (χ1n) is 11.4. The van der Waals surface area contributed by atoms with E-state index in [0.29, 0.717) is 13.0 Å². The first-order valence-corrected chi connectivity index (χ1v) is 13.0. The molecule has 0 radical (unpaired) electrons. The highest BCUT2D eigenvalue weighted by atomic mass is 32.2. The normalized spacial score (nSPS) is 17.5. The second-order valence-electron chi connectivity index (χ2n) is 8.65. The topological polar surface area (TPSA) is 98.3 Å². The molecule has 182 valence electrons. The smallest absolute Gasteiger partial charge is 0.235 e. The third kappa shape index (κ3) is 4.29. The molecule has 1 N–H and O–H groups in total. The third-order valence-electron chi connectivity index (χ3n) is 6.61. The lowest BCUT2D eigenvalue weighted by Crippen LogP contribution is -2.47. The van der Waals surface area contributed by atoms with Gasteiger partial charge in [0.2, 0.25) is 10.0 Å². The molecule has 10 heteroatoms. The van der Waals surface area contributed by atoms with Crippen molar-refractivity contribution in [2.24, 2.45) is 0 Å². The summed E-state index contributed by atoms with van der Waals surface area (Å²) >= 11 is 0. The first-order chi connectivity index (χ1) is 16.6. The average molecular weight is 492 g/mol. The number of piperazine rings is 1. The molecule has 2 aliphatic heterocycles. The Labute approximate surface area is 205 Å². The largest absolute Gasteiger partial charge is 0.368 e. The molecule has 2 aromatic heterocycles. The van der Waals surface area contributed by atoms with Gasteiger partial charge in [0.15, 0.2) is 0 Å². The highest BCUT2D eigenvalue weighted by Crippen LogP contribution is 2.31. The lowest BCUT2D eigenvalue weighted by molar-refractivity contribution is 0.599. The fourth-order valence-electron chi connectivity index (χ4n) is 4.83. The minimum absolute atomic E-state index is 0. The number of hydrogen-bond donors (Lipinski definition) is 1. The molecular weight excluding hydrogens is 462 g/mol. The molecule has 6 rings (SSSR count). The van der Waals surface area contributed by atoms with E-state index in [2.05, 4.69) is 48.2 Å². The number of benzene rings is 2. The minimum Gasteiger partial charge on any atom is -0.368 e. The van der Waals surface area contributed by atoms with Gasteiger partial charge in [0.05, 0.1) is 23.2 Å². The summed E-state index contributed by atoms with van der Waals surface area (Å²) in [7, 11) is -3.19. The fourth-order valence-corrected chi connectivity index (χ4v) is 6.39. The minimum atomic E-state index is -3.19. The zero-order chi connectivity index (χ0) is 23.1. The Bertz CT molecular complexity index is 1430. The third-order valence-corrected chi connectivity index (χ3v) is 8.48. The highest BCUT2D eigenvalue weighted by Gasteiger charge is 2.29. The van der Waals surface area contributed by atoms with Crippen molar-refractivity contribution in [2.75, 3.05) is 52.6 Å². The summed E-state index contributed by atoms with van der Waals surface area (Å²) in [5.41, 5.74) is 4.82. The number of nitrogens with one attached hydrogen (secondary N) is 1. The van der Waals surface area contributed by atoms with Crippen LogP contribution in [0.5, 0.6) is 0 Å². The molecule has 0 amide bonds. The molecule has 0 atom stereocenters. The number of anilines is 3. The predicted molar refractivity (Wildman–Crippen MR) is 140 cm³/mol. The molecule has 0 spiro atoms. The summed E-state index contributed by atoms with van der Waals surface area (Å²) < 4.78 is 26.2. The van der Waals surface area contributed by atoms with Crippen LogP contribution in [0.2, 0.25) is 0 Å². The molecule has 0 unspecified atom stereocenters. The quantitative estimate of drug-likeness (QED) is 0.466. The van der Waals surface area contributed by atoms with Crippen LogP contribution in [0.4, 0.5) is 17.2 Å². The molecule has 35 heavy (non-hydrogen) atoms. The van der Waals surface area contributed by atoms with Crippen molar-refractivity contribution in [1.29, 1.82) is 0 Å². The molecule has 0 bridgehead atoms. The summed E-state index contributed by atoms with van der Waals surface area (Å²) in [6.45, 7) is 3.83. The van der Waals surface area contributed by atoms with E-state index in [-0.39, 0.29) is 13.2 Å². The van der Waals surface area contributed by atoms with E-state index < -0.39 is 10.0 Å². The summed E-state index contributed by atoms with van der Waals surface area (Å²) in [4.78, 5) is 13.7. The Morgan fingerprint density at radius 1 is 0.857 bits per heavy atom. The summed E-state index contributed by atoms with van der Waals surface area (Å²) in [5.74, 6) is 1.16. The van der Waals surface area contributed by atoms with E-state index in [1.165, 1.54) is 4.31 Å². The molecular formula is C25H29N7O2S. The summed E-state index contributed by atoms with van der Waals surface area (Å²) in [6, 6.07) is 14.1. The zero-order valence-electron chi connectivity index (χ0n) is 18.6. The fraction of sp³-hybridized carbons (Fsp3) is 0.320. The lowest BCUT2D eigenvalue weighted by atomic mass is 10.1. The van der Waals surface area contributed by atoms with Gasteiger partial charge < -0.3 is 9.80 Å². The highest BCUT2D eigenvalue weighted by molar-refractivity contribution is 7.93. The zero-order valence-corrected chi connectivity index (χ0v) is 19.4. The van der Waals surface area contributed by atoms with Crippen molar-refractivity contribution >= 4 is 38.1 Å². The van der Waals surface area contributed by atoms with Crippen molar-refractivity contribution in [1.82, 2.24) is 20.2 Å². The van der Waals surface area contributed by atoms with Crippen LogP contribution in [0.15, 0.2) is 61.2 Å². The van der Waals surface area contributed by atoms with Crippen molar-refractivity contribution in [3.8, 4) is 11.1 Å². The molecule has 9 nitrogen and oxygen atoms in total. The number of aromatic amines is 1. The van der Waals surface area contributed by atoms with Gasteiger partial charge >= 0.3 is 0 Å². The van der Waals surface area contributed by atoms with Gasteiger partial charge in [-0.05, 0) is 42.3 Å². The van der Waals surface area contributed by atoms with Gasteiger partial charge in [-0.2, -0.15) is 5.10 Å². The number of rotatable bonds is 4. The number of hydrogen-bond acceptors (Lipinski definition) is 7. The summed E-state index contributed by atoms with van der Waals surface area (Å²) in [6.07, 6.45) is 6.00. The van der Waals surface area contributed by atoms with Crippen LogP contribution >= 0.6 is 0 Å². The van der Waals surface area contributed by atoms with Crippen LogP contribution in [0, 0.1) is 0 Å². The van der Waals surface area contributed by atoms with Crippen LogP contribution in [-0.2, 0) is 10.0 Å². The van der Waals surface area contributed by atoms with E-state index in [4.69, 9.17) is 0 Å². The Hall–Kier alpha value is -3.66. The standard InChI is InChI=1S/C24H25N7O2S.CH4/c32-34(33)12-2-7-31(34)21-4-1-3-20(14-21)29-8-10-30(11-9-29)24-22-13-18(19-15-27-28-16-19)5-6-23(22)25-17-26-24;/h1,3-6,13-17H,2,7-12H2,(H,27,28);1H4. The van der Waals surface area contributed by atoms with Crippen LogP contribution in [-0.4, -0.2) is 67.1 Å². The van der Waals surface area contributed by atoms with Crippen molar-refractivity contribution in [3.63, 3.8) is 0 Å². The predicted octanol–water partition coefficient (Wildman–Crippen LogP) is 3.52. The van der Waals surface area contributed by atoms with E-state index in [0.717, 1.165) is 65.4 Å². The number of H-pyrrole nitrogens is 1. The van der Waals surface area contributed by atoms with Gasteiger partial charge in [-0.25, -0.2) is 18.4 Å². The van der Waals surface area contributed by atoms with E-state index in [9.17, 15) is 8.42 Å². The first kappa shape index (κ1) is 23.1. The van der Waals surface area contributed by atoms with Gasteiger partial charge in [0.25, 0.3) is 0 Å². The molecule has 4 aromatic rings.